The second kappa shape index (κ2) is 9.21. The second-order valence-corrected chi connectivity index (χ2v) is 9.80. The number of fused-ring (bicyclic) bond motifs is 1. The van der Waals surface area contributed by atoms with E-state index >= 15 is 0 Å². The number of anilines is 2. The molecule has 1 aliphatic rings. The minimum atomic E-state index is -3.42. The van der Waals surface area contributed by atoms with E-state index in [1.165, 1.54) is 0 Å². The Morgan fingerprint density at radius 2 is 1.74 bits per heavy atom. The van der Waals surface area contributed by atoms with Gasteiger partial charge in [-0.05, 0) is 18.7 Å². The van der Waals surface area contributed by atoms with Crippen molar-refractivity contribution in [3.63, 3.8) is 0 Å². The minimum absolute atomic E-state index is 0.0421. The van der Waals surface area contributed by atoms with Crippen molar-refractivity contribution in [1.29, 1.82) is 0 Å². The summed E-state index contributed by atoms with van der Waals surface area (Å²) in [6.45, 7) is 4.20. The molecule has 0 spiro atoms. The number of hydrogen-bond acceptors (Lipinski definition) is 7. The molecule has 9 nitrogen and oxygen atoms in total. The van der Waals surface area contributed by atoms with E-state index in [1.54, 1.807) is 0 Å². The Kier molecular flexibility index (Phi) is 6.40. The lowest BCUT2D eigenvalue weighted by molar-refractivity contribution is 0.311. The first-order valence-corrected chi connectivity index (χ1v) is 12.1. The van der Waals surface area contributed by atoms with Crippen LogP contribution in [0.2, 0.25) is 0 Å². The third-order valence-electron chi connectivity index (χ3n) is 5.50. The van der Waals surface area contributed by atoms with Crippen LogP contribution in [-0.4, -0.2) is 73.4 Å². The van der Waals surface area contributed by atoms with Crippen LogP contribution in [0.15, 0.2) is 42.6 Å². The summed E-state index contributed by atoms with van der Waals surface area (Å²) in [6, 6.07) is 11.4. The summed E-state index contributed by atoms with van der Waals surface area (Å²) in [5, 5.41) is 3.23. The molecular weight excluding hydrogens is 414 g/mol. The maximum Gasteiger partial charge on any atom is 0.228 e. The molecule has 2 aromatic heterocycles. The van der Waals surface area contributed by atoms with Gasteiger partial charge < -0.3 is 19.7 Å². The van der Waals surface area contributed by atoms with Crippen LogP contribution in [0.25, 0.3) is 11.0 Å². The van der Waals surface area contributed by atoms with E-state index in [-0.39, 0.29) is 18.8 Å². The van der Waals surface area contributed by atoms with Crippen LogP contribution in [0.5, 0.6) is 0 Å². The molecule has 0 bridgehead atoms. The smallest absolute Gasteiger partial charge is 0.228 e. The number of likely N-dealkylation sites (N-methyl/N-ethyl adjacent to an activating group) is 1. The molecule has 166 valence electrons. The van der Waals surface area contributed by atoms with E-state index in [0.717, 1.165) is 42.8 Å². The Hall–Kier alpha value is -2.69. The van der Waals surface area contributed by atoms with Gasteiger partial charge in [0.05, 0.1) is 11.3 Å². The zero-order valence-electron chi connectivity index (χ0n) is 18.0. The lowest BCUT2D eigenvalue weighted by atomic mass is 10.2. The molecule has 0 unspecified atom stereocenters. The molecule has 1 fully saturated rings. The van der Waals surface area contributed by atoms with Gasteiger partial charge in [0, 0.05) is 52.5 Å². The molecule has 10 heteroatoms. The molecule has 1 aliphatic heterocycles. The number of nitrogens with zero attached hydrogens (tertiary/aromatic N) is 5. The maximum absolute atomic E-state index is 12.4. The van der Waals surface area contributed by atoms with Gasteiger partial charge >= 0.3 is 0 Å². The standard InChI is InChI=1S/C21H29N7O2S/c1-26-11-13-28(14-12-26)21-24-18-8-10-27(2)19(18)20(25-21)22-9-15-31(29,30)23-16-17-6-4-3-5-7-17/h3-8,10,23H,9,11-16H2,1-2H3,(H,22,24,25). The number of hydrogen-bond donors (Lipinski definition) is 2. The van der Waals surface area contributed by atoms with Crippen molar-refractivity contribution in [1.82, 2.24) is 24.2 Å². The Balaban J connectivity index is 1.44. The summed E-state index contributed by atoms with van der Waals surface area (Å²) in [7, 11) is 0.629. The lowest BCUT2D eigenvalue weighted by Gasteiger charge is -2.32. The van der Waals surface area contributed by atoms with E-state index < -0.39 is 10.0 Å². The first-order valence-electron chi connectivity index (χ1n) is 10.4. The van der Waals surface area contributed by atoms with Crippen molar-refractivity contribution in [2.75, 3.05) is 55.7 Å². The molecule has 3 heterocycles. The molecule has 0 atom stereocenters. The van der Waals surface area contributed by atoms with E-state index in [0.29, 0.717) is 11.8 Å². The number of sulfonamides is 1. The van der Waals surface area contributed by atoms with E-state index in [4.69, 9.17) is 9.97 Å². The third-order valence-corrected chi connectivity index (χ3v) is 6.82. The highest BCUT2D eigenvalue weighted by molar-refractivity contribution is 7.89. The first-order chi connectivity index (χ1) is 14.9. The maximum atomic E-state index is 12.4. The highest BCUT2D eigenvalue weighted by atomic mass is 32.2. The van der Waals surface area contributed by atoms with Crippen LogP contribution in [-0.2, 0) is 23.6 Å². The van der Waals surface area contributed by atoms with Crippen molar-refractivity contribution < 1.29 is 8.42 Å². The minimum Gasteiger partial charge on any atom is -0.367 e. The zero-order chi connectivity index (χ0) is 21.8. The van der Waals surface area contributed by atoms with Crippen LogP contribution in [0.1, 0.15) is 5.56 Å². The molecule has 0 saturated carbocycles. The average Bonchev–Trinajstić information content (AvgIpc) is 3.14. The van der Waals surface area contributed by atoms with Gasteiger partial charge in [-0.2, -0.15) is 4.98 Å². The second-order valence-electron chi connectivity index (χ2n) is 7.88. The van der Waals surface area contributed by atoms with Gasteiger partial charge in [0.1, 0.15) is 5.52 Å². The van der Waals surface area contributed by atoms with Crippen molar-refractivity contribution in [3.8, 4) is 0 Å². The van der Waals surface area contributed by atoms with Crippen LogP contribution in [0.4, 0.5) is 11.8 Å². The van der Waals surface area contributed by atoms with Crippen molar-refractivity contribution in [3.05, 3.63) is 48.2 Å². The summed E-state index contributed by atoms with van der Waals surface area (Å²) < 4.78 is 29.4. The number of benzene rings is 1. The average molecular weight is 444 g/mol. The quantitative estimate of drug-likeness (QED) is 0.541. The van der Waals surface area contributed by atoms with Crippen LogP contribution in [0.3, 0.4) is 0 Å². The number of rotatable bonds is 8. The third kappa shape index (κ3) is 5.33. The van der Waals surface area contributed by atoms with Crippen molar-refractivity contribution in [2.45, 2.75) is 6.54 Å². The van der Waals surface area contributed by atoms with Gasteiger partial charge in [0.25, 0.3) is 0 Å². The monoisotopic (exact) mass is 443 g/mol. The molecule has 0 amide bonds. The summed E-state index contributed by atoms with van der Waals surface area (Å²) in [4.78, 5) is 13.9. The molecule has 0 radical (unpaired) electrons. The Bertz CT molecular complexity index is 1120. The highest BCUT2D eigenvalue weighted by Gasteiger charge is 2.20. The Morgan fingerprint density at radius 1 is 1.00 bits per heavy atom. The predicted molar refractivity (Wildman–Crippen MR) is 124 cm³/mol. The number of aryl methyl sites for hydroxylation is 1. The van der Waals surface area contributed by atoms with Crippen LogP contribution >= 0.6 is 0 Å². The molecule has 1 saturated heterocycles. The summed E-state index contributed by atoms with van der Waals surface area (Å²) >= 11 is 0. The largest absolute Gasteiger partial charge is 0.367 e. The van der Waals surface area contributed by atoms with Gasteiger partial charge in [-0.15, -0.1) is 0 Å². The normalized spacial score (nSPS) is 15.5. The van der Waals surface area contributed by atoms with Gasteiger partial charge in [-0.1, -0.05) is 30.3 Å². The molecule has 31 heavy (non-hydrogen) atoms. The fourth-order valence-corrected chi connectivity index (χ4v) is 4.52. The van der Waals surface area contributed by atoms with Crippen LogP contribution in [0, 0.1) is 0 Å². The number of nitrogens with one attached hydrogen (secondary N) is 2. The van der Waals surface area contributed by atoms with Crippen molar-refractivity contribution in [2.24, 2.45) is 7.05 Å². The Morgan fingerprint density at radius 3 is 2.48 bits per heavy atom. The molecular formula is C21H29N7O2S. The van der Waals surface area contributed by atoms with E-state index in [2.05, 4.69) is 26.9 Å². The SMILES string of the molecule is CN1CCN(c2nc(NCCS(=O)(=O)NCc3ccccc3)c3c(ccn3C)n2)CC1. The van der Waals surface area contributed by atoms with Gasteiger partial charge in [0.2, 0.25) is 16.0 Å². The van der Waals surface area contributed by atoms with Crippen LogP contribution < -0.4 is 14.9 Å². The van der Waals surface area contributed by atoms with Crippen molar-refractivity contribution >= 4 is 32.8 Å². The fourth-order valence-electron chi connectivity index (χ4n) is 3.62. The van der Waals surface area contributed by atoms with Gasteiger partial charge in [0.15, 0.2) is 5.82 Å². The molecule has 2 N–H and O–H groups in total. The van der Waals surface area contributed by atoms with E-state index in [9.17, 15) is 8.42 Å². The molecule has 4 rings (SSSR count). The van der Waals surface area contributed by atoms with Gasteiger partial charge in [-0.25, -0.2) is 18.1 Å². The lowest BCUT2D eigenvalue weighted by Crippen LogP contribution is -2.45. The summed E-state index contributed by atoms with van der Waals surface area (Å²) in [6.07, 6.45) is 1.94. The summed E-state index contributed by atoms with van der Waals surface area (Å²) in [5.74, 6) is 1.30. The van der Waals surface area contributed by atoms with Gasteiger partial charge in [-0.3, -0.25) is 0 Å². The zero-order valence-corrected chi connectivity index (χ0v) is 18.8. The summed E-state index contributed by atoms with van der Waals surface area (Å²) in [5.41, 5.74) is 2.64. The van der Waals surface area contributed by atoms with E-state index in [1.807, 2.05) is 54.2 Å². The molecule has 0 aliphatic carbocycles. The number of piperazine rings is 1. The molecule has 1 aromatic carbocycles. The Labute approximate surface area is 183 Å². The molecule has 3 aromatic rings. The predicted octanol–water partition coefficient (Wildman–Crippen LogP) is 1.25. The highest BCUT2D eigenvalue weighted by Crippen LogP contribution is 2.24. The fraction of sp³-hybridized carbons (Fsp3) is 0.429. The first kappa shape index (κ1) is 21.5. The number of aromatic nitrogens is 3. The topological polar surface area (TPSA) is 95.4 Å².